The summed E-state index contributed by atoms with van der Waals surface area (Å²) in [4.78, 5) is 14.7. The normalized spacial score (nSPS) is 10.3. The summed E-state index contributed by atoms with van der Waals surface area (Å²) in [6, 6.07) is 7.67. The van der Waals surface area contributed by atoms with Crippen LogP contribution in [-0.2, 0) is 13.7 Å². The Balaban J connectivity index is 2.12. The minimum atomic E-state index is -1.04. The van der Waals surface area contributed by atoms with Gasteiger partial charge in [-0.05, 0) is 18.6 Å². The standard InChI is InChI=1S/C13H14N2O3/c1-9-5-3-4-6-11(9)18-8-10-7-14-12(13(16)17)15(10)2/h3-7H,8H2,1-2H3,(H,16,17). The Hall–Kier alpha value is -2.30. The first-order valence-electron chi connectivity index (χ1n) is 5.52. The quantitative estimate of drug-likeness (QED) is 0.896. The Morgan fingerprint density at radius 3 is 2.78 bits per heavy atom. The Kier molecular flexibility index (Phi) is 3.32. The molecule has 5 nitrogen and oxygen atoms in total. The summed E-state index contributed by atoms with van der Waals surface area (Å²) in [6.45, 7) is 2.25. The predicted octanol–water partition coefficient (Wildman–Crippen LogP) is 2.01. The maximum atomic E-state index is 10.8. The monoisotopic (exact) mass is 246 g/mol. The molecule has 0 atom stereocenters. The number of carboxylic acid groups (broad SMARTS) is 1. The molecule has 0 saturated carbocycles. The Bertz CT molecular complexity index is 575. The first-order valence-corrected chi connectivity index (χ1v) is 5.52. The van der Waals surface area contributed by atoms with Crippen molar-refractivity contribution in [1.29, 1.82) is 0 Å². The molecule has 1 heterocycles. The van der Waals surface area contributed by atoms with Crippen LogP contribution in [0.5, 0.6) is 5.75 Å². The largest absolute Gasteiger partial charge is 0.487 e. The van der Waals surface area contributed by atoms with Crippen LogP contribution >= 0.6 is 0 Å². The van der Waals surface area contributed by atoms with Gasteiger partial charge >= 0.3 is 5.97 Å². The van der Waals surface area contributed by atoms with Gasteiger partial charge in [-0.25, -0.2) is 9.78 Å². The molecular formula is C13H14N2O3. The Morgan fingerprint density at radius 1 is 1.44 bits per heavy atom. The van der Waals surface area contributed by atoms with Crippen LogP contribution in [0.4, 0.5) is 0 Å². The maximum Gasteiger partial charge on any atom is 0.372 e. The molecule has 0 amide bonds. The van der Waals surface area contributed by atoms with Gasteiger partial charge in [-0.15, -0.1) is 0 Å². The molecule has 1 aromatic carbocycles. The molecule has 0 aliphatic heterocycles. The Morgan fingerprint density at radius 2 is 2.17 bits per heavy atom. The van der Waals surface area contributed by atoms with Crippen LogP contribution in [0.1, 0.15) is 21.9 Å². The van der Waals surface area contributed by atoms with Gasteiger partial charge in [0.1, 0.15) is 12.4 Å². The van der Waals surface area contributed by atoms with E-state index in [0.29, 0.717) is 6.61 Å². The van der Waals surface area contributed by atoms with E-state index in [0.717, 1.165) is 17.0 Å². The third kappa shape index (κ3) is 2.34. The van der Waals surface area contributed by atoms with Gasteiger partial charge in [0.2, 0.25) is 5.82 Å². The molecule has 1 aromatic heterocycles. The molecule has 0 spiro atoms. The average molecular weight is 246 g/mol. The first-order chi connectivity index (χ1) is 8.59. The van der Waals surface area contributed by atoms with Crippen molar-refractivity contribution in [3.05, 3.63) is 47.5 Å². The number of ether oxygens (including phenoxy) is 1. The zero-order valence-electron chi connectivity index (χ0n) is 10.3. The molecule has 94 valence electrons. The van der Waals surface area contributed by atoms with E-state index in [1.807, 2.05) is 31.2 Å². The number of benzene rings is 1. The fraction of sp³-hybridized carbons (Fsp3) is 0.231. The van der Waals surface area contributed by atoms with Crippen molar-refractivity contribution in [2.75, 3.05) is 0 Å². The van der Waals surface area contributed by atoms with Crippen LogP contribution < -0.4 is 4.74 Å². The minimum Gasteiger partial charge on any atom is -0.487 e. The lowest BCUT2D eigenvalue weighted by atomic mass is 10.2. The average Bonchev–Trinajstić information content (AvgIpc) is 2.70. The lowest BCUT2D eigenvalue weighted by molar-refractivity contribution is 0.0679. The molecule has 0 saturated heterocycles. The number of aromatic carboxylic acids is 1. The summed E-state index contributed by atoms with van der Waals surface area (Å²) >= 11 is 0. The van der Waals surface area contributed by atoms with E-state index in [1.165, 1.54) is 10.8 Å². The van der Waals surface area contributed by atoms with Crippen molar-refractivity contribution in [2.45, 2.75) is 13.5 Å². The van der Waals surface area contributed by atoms with Gasteiger partial charge in [0, 0.05) is 7.05 Å². The second-order valence-corrected chi connectivity index (χ2v) is 3.99. The van der Waals surface area contributed by atoms with E-state index in [-0.39, 0.29) is 5.82 Å². The van der Waals surface area contributed by atoms with Crippen LogP contribution in [0.25, 0.3) is 0 Å². The van der Waals surface area contributed by atoms with Gasteiger partial charge in [-0.2, -0.15) is 0 Å². The van der Waals surface area contributed by atoms with E-state index >= 15 is 0 Å². The van der Waals surface area contributed by atoms with Crippen molar-refractivity contribution in [2.24, 2.45) is 7.05 Å². The Labute approximate surface area is 105 Å². The third-order valence-electron chi connectivity index (χ3n) is 2.74. The molecule has 2 aromatic rings. The van der Waals surface area contributed by atoms with Gasteiger partial charge in [0.15, 0.2) is 0 Å². The topological polar surface area (TPSA) is 64.3 Å². The van der Waals surface area contributed by atoms with Gasteiger partial charge in [0.05, 0.1) is 11.9 Å². The van der Waals surface area contributed by atoms with Crippen LogP contribution in [-0.4, -0.2) is 20.6 Å². The number of rotatable bonds is 4. The molecule has 1 N–H and O–H groups in total. The third-order valence-corrected chi connectivity index (χ3v) is 2.74. The molecular weight excluding hydrogens is 232 g/mol. The minimum absolute atomic E-state index is 0.0124. The smallest absolute Gasteiger partial charge is 0.372 e. The molecule has 0 fully saturated rings. The molecule has 0 unspecified atom stereocenters. The second kappa shape index (κ2) is 4.91. The zero-order chi connectivity index (χ0) is 13.1. The lowest BCUT2D eigenvalue weighted by Crippen LogP contribution is -2.09. The number of hydrogen-bond donors (Lipinski definition) is 1. The first kappa shape index (κ1) is 12.2. The van der Waals surface area contributed by atoms with Crippen LogP contribution in [0.3, 0.4) is 0 Å². The van der Waals surface area contributed by atoms with Crippen molar-refractivity contribution < 1.29 is 14.6 Å². The number of imidazole rings is 1. The van der Waals surface area contributed by atoms with Gasteiger partial charge in [0.25, 0.3) is 0 Å². The van der Waals surface area contributed by atoms with Crippen molar-refractivity contribution in [1.82, 2.24) is 9.55 Å². The van der Waals surface area contributed by atoms with Gasteiger partial charge < -0.3 is 14.4 Å². The lowest BCUT2D eigenvalue weighted by Gasteiger charge is -2.09. The molecule has 18 heavy (non-hydrogen) atoms. The number of nitrogens with zero attached hydrogens (tertiary/aromatic N) is 2. The summed E-state index contributed by atoms with van der Waals surface area (Å²) in [5.74, 6) is -0.242. The highest BCUT2D eigenvalue weighted by Gasteiger charge is 2.13. The van der Waals surface area contributed by atoms with E-state index in [4.69, 9.17) is 9.84 Å². The molecule has 0 aliphatic carbocycles. The van der Waals surface area contributed by atoms with Crippen molar-refractivity contribution in [3.8, 4) is 5.75 Å². The molecule has 5 heteroatoms. The van der Waals surface area contributed by atoms with Gasteiger partial charge in [-0.3, -0.25) is 0 Å². The van der Waals surface area contributed by atoms with Crippen molar-refractivity contribution >= 4 is 5.97 Å². The van der Waals surface area contributed by atoms with E-state index in [1.54, 1.807) is 7.05 Å². The number of hydrogen-bond acceptors (Lipinski definition) is 3. The highest BCUT2D eigenvalue weighted by Crippen LogP contribution is 2.17. The maximum absolute atomic E-state index is 10.8. The highest BCUT2D eigenvalue weighted by molar-refractivity contribution is 5.83. The molecule has 0 aliphatic rings. The van der Waals surface area contributed by atoms with Crippen LogP contribution in [0, 0.1) is 6.92 Å². The number of aromatic nitrogens is 2. The highest BCUT2D eigenvalue weighted by atomic mass is 16.5. The summed E-state index contributed by atoms with van der Waals surface area (Å²) in [5.41, 5.74) is 1.76. The van der Waals surface area contributed by atoms with Crippen LogP contribution in [0.2, 0.25) is 0 Å². The predicted molar refractivity (Wildman–Crippen MR) is 65.7 cm³/mol. The van der Waals surface area contributed by atoms with E-state index in [9.17, 15) is 4.79 Å². The summed E-state index contributed by atoms with van der Waals surface area (Å²) in [7, 11) is 1.66. The SMILES string of the molecule is Cc1ccccc1OCc1cnc(C(=O)O)n1C. The summed E-state index contributed by atoms with van der Waals surface area (Å²) in [5, 5.41) is 8.88. The molecule has 2 rings (SSSR count). The van der Waals surface area contributed by atoms with Crippen molar-refractivity contribution in [3.63, 3.8) is 0 Å². The van der Waals surface area contributed by atoms with Crippen LogP contribution in [0.15, 0.2) is 30.5 Å². The molecule has 0 radical (unpaired) electrons. The summed E-state index contributed by atoms with van der Waals surface area (Å²) < 4.78 is 7.16. The van der Waals surface area contributed by atoms with Gasteiger partial charge in [-0.1, -0.05) is 18.2 Å². The fourth-order valence-corrected chi connectivity index (χ4v) is 1.65. The number of para-hydroxylation sites is 1. The zero-order valence-corrected chi connectivity index (χ0v) is 10.3. The van der Waals surface area contributed by atoms with E-state index < -0.39 is 5.97 Å². The molecule has 0 bridgehead atoms. The van der Waals surface area contributed by atoms with E-state index in [2.05, 4.69) is 4.98 Å². The number of carboxylic acids is 1. The number of aryl methyl sites for hydroxylation is 1. The summed E-state index contributed by atoms with van der Waals surface area (Å²) in [6.07, 6.45) is 1.52. The number of carbonyl (C=O) groups is 1. The second-order valence-electron chi connectivity index (χ2n) is 3.99. The fourth-order valence-electron chi connectivity index (χ4n) is 1.65.